The zero-order valence-corrected chi connectivity index (χ0v) is 13.4. The van der Waals surface area contributed by atoms with Gasteiger partial charge in [-0.3, -0.25) is 10.1 Å². The van der Waals surface area contributed by atoms with E-state index in [1.54, 1.807) is 6.07 Å². The molecule has 0 aliphatic carbocycles. The Balaban J connectivity index is 1.92. The van der Waals surface area contributed by atoms with E-state index in [4.69, 9.17) is 4.74 Å². The monoisotopic (exact) mass is 305 g/mol. The lowest BCUT2D eigenvalue weighted by atomic mass is 10.0. The van der Waals surface area contributed by atoms with Gasteiger partial charge in [0.15, 0.2) is 5.75 Å². The Labute approximate surface area is 130 Å². The first-order valence-electron chi connectivity index (χ1n) is 7.82. The molecule has 2 saturated heterocycles. The molecule has 2 aliphatic heterocycles. The number of nitro benzene ring substituents is 1. The minimum atomic E-state index is -0.366. The third-order valence-corrected chi connectivity index (χ3v) is 4.97. The van der Waals surface area contributed by atoms with Crippen molar-refractivity contribution in [1.29, 1.82) is 0 Å². The largest absolute Gasteiger partial charge is 0.490 e. The number of nitrogens with zero attached hydrogens (tertiary/aromatic N) is 3. The Morgan fingerprint density at radius 3 is 2.41 bits per heavy atom. The van der Waals surface area contributed by atoms with Gasteiger partial charge < -0.3 is 14.5 Å². The molecule has 22 heavy (non-hydrogen) atoms. The summed E-state index contributed by atoms with van der Waals surface area (Å²) >= 11 is 0. The molecule has 0 N–H and O–H groups in total. The summed E-state index contributed by atoms with van der Waals surface area (Å²) in [5.74, 6) is 1.76. The van der Waals surface area contributed by atoms with Crippen molar-refractivity contribution in [1.82, 2.24) is 4.90 Å². The van der Waals surface area contributed by atoms with Crippen molar-refractivity contribution in [3.05, 3.63) is 27.8 Å². The lowest BCUT2D eigenvalue weighted by molar-refractivity contribution is -0.385. The van der Waals surface area contributed by atoms with Gasteiger partial charge in [0.1, 0.15) is 0 Å². The molecule has 0 unspecified atom stereocenters. The molecule has 0 saturated carbocycles. The average Bonchev–Trinajstić information content (AvgIpc) is 3.02. The Kier molecular flexibility index (Phi) is 3.95. The molecule has 2 heterocycles. The van der Waals surface area contributed by atoms with Gasteiger partial charge in [0, 0.05) is 44.0 Å². The zero-order valence-electron chi connectivity index (χ0n) is 13.4. The average molecular weight is 305 g/mol. The van der Waals surface area contributed by atoms with E-state index in [1.807, 2.05) is 13.0 Å². The van der Waals surface area contributed by atoms with E-state index in [-0.39, 0.29) is 10.6 Å². The molecule has 6 heteroatoms. The molecule has 6 nitrogen and oxygen atoms in total. The smallest absolute Gasteiger partial charge is 0.311 e. The van der Waals surface area contributed by atoms with Gasteiger partial charge >= 0.3 is 5.69 Å². The Morgan fingerprint density at radius 2 is 1.91 bits per heavy atom. The van der Waals surface area contributed by atoms with Gasteiger partial charge in [0.25, 0.3) is 0 Å². The normalized spacial score (nSPS) is 24.6. The molecule has 1 aromatic carbocycles. The van der Waals surface area contributed by atoms with Crippen LogP contribution in [-0.4, -0.2) is 50.2 Å². The highest BCUT2D eigenvalue weighted by Crippen LogP contribution is 2.39. The van der Waals surface area contributed by atoms with Gasteiger partial charge in [-0.15, -0.1) is 0 Å². The van der Waals surface area contributed by atoms with Crippen molar-refractivity contribution < 1.29 is 9.66 Å². The second kappa shape index (κ2) is 5.76. The fourth-order valence-electron chi connectivity index (χ4n) is 3.91. The van der Waals surface area contributed by atoms with E-state index in [0.29, 0.717) is 17.6 Å². The van der Waals surface area contributed by atoms with Crippen LogP contribution in [0.5, 0.6) is 5.75 Å². The number of rotatable bonds is 4. The lowest BCUT2D eigenvalue weighted by Crippen LogP contribution is -2.27. The van der Waals surface area contributed by atoms with Crippen LogP contribution < -0.4 is 9.64 Å². The van der Waals surface area contributed by atoms with Gasteiger partial charge in [-0.25, -0.2) is 0 Å². The number of anilines is 1. The van der Waals surface area contributed by atoms with E-state index < -0.39 is 0 Å². The first-order chi connectivity index (χ1) is 10.5. The van der Waals surface area contributed by atoms with Crippen molar-refractivity contribution in [2.24, 2.45) is 11.8 Å². The lowest BCUT2D eigenvalue weighted by Gasteiger charge is -2.24. The quantitative estimate of drug-likeness (QED) is 0.630. The maximum Gasteiger partial charge on any atom is 0.311 e. The summed E-state index contributed by atoms with van der Waals surface area (Å²) in [7, 11) is 3.67. The molecule has 1 aromatic rings. The van der Waals surface area contributed by atoms with Crippen LogP contribution in [0.15, 0.2) is 12.1 Å². The summed E-state index contributed by atoms with van der Waals surface area (Å²) in [5, 5.41) is 11.2. The molecule has 0 bridgehead atoms. The number of ether oxygens (including phenoxy) is 1. The minimum Gasteiger partial charge on any atom is -0.490 e. The Hall–Kier alpha value is -1.82. The van der Waals surface area contributed by atoms with E-state index in [0.717, 1.165) is 43.9 Å². The summed E-state index contributed by atoms with van der Waals surface area (Å²) in [6.07, 6.45) is 0.784. The molecule has 2 aliphatic rings. The number of benzene rings is 1. The number of methoxy groups -OCH3 is 1. The standard InChI is InChI=1S/C16H23N3O3/c1-4-11-5-15(19(20)21)16(22-3)6-14(11)18-9-12-7-17(2)8-13(12)10-18/h5-6,12-13H,4,7-10H2,1-3H3/t12-,13+. The SMILES string of the molecule is CCc1cc([N+](=O)[O-])c(OC)cc1N1C[C@H]2CN(C)C[C@H]2C1. The zero-order chi connectivity index (χ0) is 15.9. The molecule has 0 aromatic heterocycles. The third kappa shape index (κ3) is 2.52. The number of hydrogen-bond acceptors (Lipinski definition) is 5. The van der Waals surface area contributed by atoms with Crippen LogP contribution in [0.3, 0.4) is 0 Å². The van der Waals surface area contributed by atoms with E-state index in [2.05, 4.69) is 16.8 Å². The van der Waals surface area contributed by atoms with Crippen LogP contribution in [-0.2, 0) is 6.42 Å². The van der Waals surface area contributed by atoms with Gasteiger partial charge in [0.05, 0.1) is 12.0 Å². The number of nitro groups is 1. The van der Waals surface area contributed by atoms with E-state index >= 15 is 0 Å². The number of hydrogen-bond donors (Lipinski definition) is 0. The van der Waals surface area contributed by atoms with Crippen LogP contribution in [0.25, 0.3) is 0 Å². The summed E-state index contributed by atoms with van der Waals surface area (Å²) in [4.78, 5) is 15.6. The predicted octanol–water partition coefficient (Wildman–Crippen LogP) is 2.16. The van der Waals surface area contributed by atoms with Crippen molar-refractivity contribution in [2.45, 2.75) is 13.3 Å². The third-order valence-electron chi connectivity index (χ3n) is 4.97. The van der Waals surface area contributed by atoms with E-state index in [1.165, 1.54) is 7.11 Å². The summed E-state index contributed by atoms with van der Waals surface area (Å²) in [5.41, 5.74) is 2.19. The summed E-state index contributed by atoms with van der Waals surface area (Å²) in [6.45, 7) is 6.39. The second-order valence-electron chi connectivity index (χ2n) is 6.41. The number of fused-ring (bicyclic) bond motifs is 1. The van der Waals surface area contributed by atoms with Crippen LogP contribution in [0.2, 0.25) is 0 Å². The number of likely N-dealkylation sites (tertiary alicyclic amines) is 1. The molecule has 0 radical (unpaired) electrons. The maximum absolute atomic E-state index is 11.2. The predicted molar refractivity (Wildman–Crippen MR) is 85.7 cm³/mol. The van der Waals surface area contributed by atoms with Crippen molar-refractivity contribution in [3.63, 3.8) is 0 Å². The topological polar surface area (TPSA) is 58.9 Å². The van der Waals surface area contributed by atoms with Crippen LogP contribution in [0, 0.1) is 22.0 Å². The molecule has 120 valence electrons. The second-order valence-corrected chi connectivity index (χ2v) is 6.41. The molecule has 0 spiro atoms. The van der Waals surface area contributed by atoms with Gasteiger partial charge in [-0.05, 0) is 30.9 Å². The Morgan fingerprint density at radius 1 is 1.27 bits per heavy atom. The highest BCUT2D eigenvalue weighted by atomic mass is 16.6. The van der Waals surface area contributed by atoms with Crippen molar-refractivity contribution in [2.75, 3.05) is 45.2 Å². The molecular weight excluding hydrogens is 282 g/mol. The van der Waals surface area contributed by atoms with Crippen LogP contribution in [0.4, 0.5) is 11.4 Å². The molecular formula is C16H23N3O3. The maximum atomic E-state index is 11.2. The summed E-state index contributed by atoms with van der Waals surface area (Å²) in [6, 6.07) is 3.52. The highest BCUT2D eigenvalue weighted by molar-refractivity contribution is 5.65. The van der Waals surface area contributed by atoms with Gasteiger partial charge in [-0.1, -0.05) is 6.92 Å². The molecule has 2 atom stereocenters. The Bertz CT molecular complexity index is 576. The minimum absolute atomic E-state index is 0.0576. The number of aryl methyl sites for hydroxylation is 1. The highest BCUT2D eigenvalue weighted by Gasteiger charge is 2.39. The van der Waals surface area contributed by atoms with Crippen LogP contribution >= 0.6 is 0 Å². The van der Waals surface area contributed by atoms with Crippen molar-refractivity contribution in [3.8, 4) is 5.75 Å². The van der Waals surface area contributed by atoms with Gasteiger partial charge in [0.2, 0.25) is 0 Å². The van der Waals surface area contributed by atoms with E-state index in [9.17, 15) is 10.1 Å². The molecule has 2 fully saturated rings. The summed E-state index contributed by atoms with van der Waals surface area (Å²) < 4.78 is 5.24. The molecule has 3 rings (SSSR count). The van der Waals surface area contributed by atoms with Gasteiger partial charge in [-0.2, -0.15) is 0 Å². The first kappa shape index (κ1) is 15.1. The fourth-order valence-corrected chi connectivity index (χ4v) is 3.91. The molecule has 0 amide bonds. The van der Waals surface area contributed by atoms with Crippen LogP contribution in [0.1, 0.15) is 12.5 Å². The first-order valence-corrected chi connectivity index (χ1v) is 7.82. The fraction of sp³-hybridized carbons (Fsp3) is 0.625. The van der Waals surface area contributed by atoms with Crippen molar-refractivity contribution >= 4 is 11.4 Å².